The van der Waals surface area contributed by atoms with Crippen LogP contribution in [-0.2, 0) is 0 Å². The van der Waals surface area contributed by atoms with Crippen LogP contribution in [0.4, 0.5) is 0 Å². The molecule has 0 bridgehead atoms. The summed E-state index contributed by atoms with van der Waals surface area (Å²) in [5, 5.41) is 1.21. The van der Waals surface area contributed by atoms with Crippen molar-refractivity contribution in [2.45, 2.75) is 6.92 Å². The topological polar surface area (TPSA) is 0 Å². The molecule has 0 radical (unpaired) electrons. The maximum absolute atomic E-state index is 6.22. The molecule has 0 N–H and O–H groups in total. The molecule has 0 aromatic heterocycles. The Labute approximate surface area is 119 Å². The molecule has 2 rings (SSSR count). The van der Waals surface area contributed by atoms with E-state index < -0.39 is 0 Å². The van der Waals surface area contributed by atoms with Gasteiger partial charge in [0.1, 0.15) is 0 Å². The molecule has 0 unspecified atom stereocenters. The second-order valence-corrected chi connectivity index (χ2v) is 5.59. The summed E-state index contributed by atoms with van der Waals surface area (Å²) >= 11 is 14.5. The average Bonchev–Trinajstić information content (AvgIpc) is 2.26. The van der Waals surface area contributed by atoms with Crippen molar-refractivity contribution < 1.29 is 0 Å². The van der Waals surface area contributed by atoms with Gasteiger partial charge < -0.3 is 0 Å². The zero-order valence-electron chi connectivity index (χ0n) is 8.60. The molecule has 82 valence electrons. The first-order valence-corrected chi connectivity index (χ1v) is 6.63. The van der Waals surface area contributed by atoms with Gasteiger partial charge in [-0.05, 0) is 58.8 Å². The van der Waals surface area contributed by atoms with Gasteiger partial charge in [0, 0.05) is 9.13 Å². The average molecular weight is 363 g/mol. The number of hydrogen-bond acceptors (Lipinski definition) is 0. The molecule has 0 spiro atoms. The highest BCUT2D eigenvalue weighted by atomic mass is 127. The highest BCUT2D eigenvalue weighted by Gasteiger charge is 2.09. The van der Waals surface area contributed by atoms with Crippen molar-refractivity contribution in [1.82, 2.24) is 0 Å². The molecule has 2 aromatic carbocycles. The van der Waals surface area contributed by atoms with E-state index in [9.17, 15) is 0 Å². The Morgan fingerprint density at radius 1 is 1.00 bits per heavy atom. The van der Waals surface area contributed by atoms with Gasteiger partial charge in [-0.2, -0.15) is 0 Å². The van der Waals surface area contributed by atoms with E-state index >= 15 is 0 Å². The fourth-order valence-electron chi connectivity index (χ4n) is 1.60. The van der Waals surface area contributed by atoms with Crippen molar-refractivity contribution in [3.63, 3.8) is 0 Å². The van der Waals surface area contributed by atoms with E-state index in [1.807, 2.05) is 12.1 Å². The third-order valence-corrected chi connectivity index (χ3v) is 3.93. The second kappa shape index (κ2) is 4.94. The van der Waals surface area contributed by atoms with Gasteiger partial charge in [-0.15, -0.1) is 0 Å². The highest BCUT2D eigenvalue weighted by Crippen LogP contribution is 2.35. The lowest BCUT2D eigenvalue weighted by Gasteiger charge is -2.09. The molecule has 0 aliphatic rings. The van der Waals surface area contributed by atoms with E-state index in [1.54, 1.807) is 6.07 Å². The lowest BCUT2D eigenvalue weighted by molar-refractivity contribution is 1.44. The van der Waals surface area contributed by atoms with Crippen LogP contribution >= 0.6 is 45.8 Å². The molecule has 0 aliphatic heterocycles. The smallest absolute Gasteiger partial charge is 0.0670 e. The minimum atomic E-state index is 0.595. The van der Waals surface area contributed by atoms with Crippen LogP contribution in [0.25, 0.3) is 11.1 Å². The number of halogens is 3. The quantitative estimate of drug-likeness (QED) is 0.581. The van der Waals surface area contributed by atoms with Gasteiger partial charge in [0.15, 0.2) is 0 Å². The summed E-state index contributed by atoms with van der Waals surface area (Å²) < 4.78 is 1.19. The van der Waals surface area contributed by atoms with Gasteiger partial charge >= 0.3 is 0 Å². The molecule has 2 aromatic rings. The fraction of sp³-hybridized carbons (Fsp3) is 0.0769. The lowest BCUT2D eigenvalue weighted by Crippen LogP contribution is -1.86. The third-order valence-electron chi connectivity index (χ3n) is 2.44. The minimum absolute atomic E-state index is 0.595. The Morgan fingerprint density at radius 2 is 1.75 bits per heavy atom. The lowest BCUT2D eigenvalue weighted by atomic mass is 10.0. The largest absolute Gasteiger partial charge is 0.0827 e. The van der Waals surface area contributed by atoms with Crippen LogP contribution in [0.2, 0.25) is 10.0 Å². The van der Waals surface area contributed by atoms with Crippen LogP contribution in [0.1, 0.15) is 5.56 Å². The summed E-state index contributed by atoms with van der Waals surface area (Å²) in [5.74, 6) is 0. The Hall–Kier alpha value is -0.250. The molecule has 0 saturated carbocycles. The van der Waals surface area contributed by atoms with Crippen molar-refractivity contribution in [2.75, 3.05) is 0 Å². The standard InChI is InChI=1S/C13H9Cl2I/c1-8-5-6-9(16)7-11(8)10-3-2-4-12(14)13(10)15/h2-7H,1H3. The summed E-state index contributed by atoms with van der Waals surface area (Å²) in [6.45, 7) is 2.07. The molecule has 0 amide bonds. The Balaban J connectivity index is 2.67. The van der Waals surface area contributed by atoms with E-state index in [0.717, 1.165) is 11.1 Å². The van der Waals surface area contributed by atoms with Crippen molar-refractivity contribution in [1.29, 1.82) is 0 Å². The number of hydrogen-bond donors (Lipinski definition) is 0. The van der Waals surface area contributed by atoms with Crippen LogP contribution in [-0.4, -0.2) is 0 Å². The first kappa shape index (κ1) is 12.2. The van der Waals surface area contributed by atoms with Crippen molar-refractivity contribution >= 4 is 45.8 Å². The molecule has 0 heterocycles. The normalized spacial score (nSPS) is 10.5. The number of rotatable bonds is 1. The van der Waals surface area contributed by atoms with E-state index in [-0.39, 0.29) is 0 Å². The van der Waals surface area contributed by atoms with Gasteiger partial charge in [-0.3, -0.25) is 0 Å². The predicted octanol–water partition coefficient (Wildman–Crippen LogP) is 5.57. The van der Waals surface area contributed by atoms with Crippen LogP contribution < -0.4 is 0 Å². The minimum Gasteiger partial charge on any atom is -0.0827 e. The molecule has 0 fully saturated rings. The molecule has 16 heavy (non-hydrogen) atoms. The number of aryl methyl sites for hydroxylation is 1. The fourth-order valence-corrected chi connectivity index (χ4v) is 2.49. The van der Waals surface area contributed by atoms with Gasteiger partial charge in [-0.25, -0.2) is 0 Å². The van der Waals surface area contributed by atoms with Crippen LogP contribution in [0, 0.1) is 10.5 Å². The van der Waals surface area contributed by atoms with E-state index in [2.05, 4.69) is 47.7 Å². The molecule has 0 atom stereocenters. The zero-order valence-corrected chi connectivity index (χ0v) is 12.3. The number of benzene rings is 2. The summed E-state index contributed by atoms with van der Waals surface area (Å²) in [6.07, 6.45) is 0. The molecular formula is C13H9Cl2I. The molecule has 3 heteroatoms. The van der Waals surface area contributed by atoms with Gasteiger partial charge in [0.05, 0.1) is 10.0 Å². The summed E-state index contributed by atoms with van der Waals surface area (Å²) in [7, 11) is 0. The maximum atomic E-state index is 6.22. The maximum Gasteiger partial charge on any atom is 0.0670 e. The van der Waals surface area contributed by atoms with Gasteiger partial charge in [0.2, 0.25) is 0 Å². The zero-order chi connectivity index (χ0) is 11.7. The van der Waals surface area contributed by atoms with Crippen molar-refractivity contribution in [2.24, 2.45) is 0 Å². The Morgan fingerprint density at radius 3 is 2.50 bits per heavy atom. The third kappa shape index (κ3) is 2.36. The van der Waals surface area contributed by atoms with E-state index in [0.29, 0.717) is 10.0 Å². The first-order valence-electron chi connectivity index (χ1n) is 4.80. The van der Waals surface area contributed by atoms with E-state index in [4.69, 9.17) is 23.2 Å². The van der Waals surface area contributed by atoms with Crippen molar-refractivity contribution in [3.8, 4) is 11.1 Å². The summed E-state index contributed by atoms with van der Waals surface area (Å²) in [5.41, 5.74) is 3.33. The SMILES string of the molecule is Cc1ccc(I)cc1-c1cccc(Cl)c1Cl. The second-order valence-electron chi connectivity index (χ2n) is 3.56. The summed E-state index contributed by atoms with van der Waals surface area (Å²) in [4.78, 5) is 0. The van der Waals surface area contributed by atoms with Crippen LogP contribution in [0.3, 0.4) is 0 Å². The van der Waals surface area contributed by atoms with Gasteiger partial charge in [0.25, 0.3) is 0 Å². The van der Waals surface area contributed by atoms with Crippen LogP contribution in [0.15, 0.2) is 36.4 Å². The monoisotopic (exact) mass is 362 g/mol. The predicted molar refractivity (Wildman–Crippen MR) is 79.4 cm³/mol. The summed E-state index contributed by atoms with van der Waals surface area (Å²) in [6, 6.07) is 12.0. The Bertz CT molecular complexity index is 535. The van der Waals surface area contributed by atoms with Crippen molar-refractivity contribution in [3.05, 3.63) is 55.6 Å². The first-order chi connectivity index (χ1) is 7.59. The molecular weight excluding hydrogens is 354 g/mol. The van der Waals surface area contributed by atoms with Gasteiger partial charge in [-0.1, -0.05) is 41.4 Å². The molecule has 0 nitrogen and oxygen atoms in total. The molecule has 0 aliphatic carbocycles. The van der Waals surface area contributed by atoms with Crippen LogP contribution in [0.5, 0.6) is 0 Å². The van der Waals surface area contributed by atoms with E-state index in [1.165, 1.54) is 9.13 Å². The highest BCUT2D eigenvalue weighted by molar-refractivity contribution is 14.1. The molecule has 0 saturated heterocycles. The Kier molecular flexibility index (Phi) is 3.77.